The molecule has 0 radical (unpaired) electrons. The third-order valence-electron chi connectivity index (χ3n) is 4.17. The van der Waals surface area contributed by atoms with E-state index in [0.29, 0.717) is 11.6 Å². The summed E-state index contributed by atoms with van der Waals surface area (Å²) in [5.41, 5.74) is 1.38. The first kappa shape index (κ1) is 18.9. The summed E-state index contributed by atoms with van der Waals surface area (Å²) in [6, 6.07) is 3.09. The number of aromatic nitrogens is 2. The van der Waals surface area contributed by atoms with Gasteiger partial charge in [0.05, 0.1) is 18.6 Å². The molecule has 1 aliphatic heterocycles. The van der Waals surface area contributed by atoms with Gasteiger partial charge in [0, 0.05) is 20.2 Å². The molecule has 0 bridgehead atoms. The average molecular weight is 397 g/mol. The molecule has 1 N–H and O–H groups in total. The molecule has 1 aromatic rings. The van der Waals surface area contributed by atoms with Crippen LogP contribution in [0.25, 0.3) is 0 Å². The summed E-state index contributed by atoms with van der Waals surface area (Å²) in [5, 5.41) is 17.1. The summed E-state index contributed by atoms with van der Waals surface area (Å²) in [7, 11) is 0.432. The zero-order chi connectivity index (χ0) is 18.1. The molecule has 1 spiro atoms. The van der Waals surface area contributed by atoms with Crippen LogP contribution in [0.2, 0.25) is 25.7 Å². The van der Waals surface area contributed by atoms with Gasteiger partial charge in [-0.15, -0.1) is 10.2 Å². The van der Waals surface area contributed by atoms with Gasteiger partial charge < -0.3 is 9.47 Å². The molecule has 0 amide bonds. The van der Waals surface area contributed by atoms with E-state index in [0.717, 1.165) is 34.4 Å². The number of nitrogens with one attached hydrogen (secondary N) is 1. The number of hydrogen-bond donors (Lipinski definition) is 1. The molecule has 0 atom stereocenters. The van der Waals surface area contributed by atoms with Crippen LogP contribution in [0.4, 0.5) is 0 Å². The van der Waals surface area contributed by atoms with Crippen molar-refractivity contribution in [1.82, 2.24) is 10.2 Å². The Bertz CT molecular complexity index is 702. The van der Waals surface area contributed by atoms with Crippen LogP contribution in [0.5, 0.6) is 0 Å². The lowest BCUT2D eigenvalue weighted by Crippen LogP contribution is -2.21. The summed E-state index contributed by atoms with van der Waals surface area (Å²) in [6.45, 7) is 7.89. The molecule has 9 heteroatoms. The van der Waals surface area contributed by atoms with Gasteiger partial charge in [-0.1, -0.05) is 31.4 Å². The van der Waals surface area contributed by atoms with Crippen molar-refractivity contribution in [2.75, 3.05) is 19.7 Å². The van der Waals surface area contributed by atoms with Gasteiger partial charge >= 0.3 is 0 Å². The quantitative estimate of drug-likeness (QED) is 0.258. The Morgan fingerprint density at radius 1 is 1.36 bits per heavy atom. The second kappa shape index (κ2) is 7.38. The van der Waals surface area contributed by atoms with Crippen molar-refractivity contribution in [2.24, 2.45) is 4.99 Å². The predicted octanol–water partition coefficient (Wildman–Crippen LogP) is 3.94. The zero-order valence-corrected chi connectivity index (χ0v) is 17.7. The monoisotopic (exact) mass is 396 g/mol. The lowest BCUT2D eigenvalue weighted by atomic mass is 10.1. The molecule has 6 nitrogen and oxygen atoms in total. The minimum atomic E-state index is -1.04. The van der Waals surface area contributed by atoms with E-state index in [2.05, 4.69) is 29.8 Å². The van der Waals surface area contributed by atoms with Gasteiger partial charge in [0.1, 0.15) is 15.1 Å². The van der Waals surface area contributed by atoms with Crippen molar-refractivity contribution in [2.45, 2.75) is 49.1 Å². The van der Waals surface area contributed by atoms with Crippen LogP contribution in [-0.4, -0.2) is 48.2 Å². The lowest BCUT2D eigenvalue weighted by molar-refractivity contribution is 0.198. The maximum atomic E-state index is 7.77. The van der Waals surface area contributed by atoms with Crippen molar-refractivity contribution >= 4 is 41.9 Å². The van der Waals surface area contributed by atoms with Crippen LogP contribution in [-0.2, 0) is 15.0 Å². The number of rotatable bonds is 6. The summed E-state index contributed by atoms with van der Waals surface area (Å²) >= 11 is 3.19. The second-order valence-electron chi connectivity index (χ2n) is 7.47. The van der Waals surface area contributed by atoms with E-state index < -0.39 is 8.07 Å². The van der Waals surface area contributed by atoms with Crippen molar-refractivity contribution in [3.05, 3.63) is 17.3 Å². The van der Waals surface area contributed by atoms with Crippen molar-refractivity contribution in [3.63, 3.8) is 0 Å². The Hall–Kier alpha value is -0.903. The van der Waals surface area contributed by atoms with Crippen LogP contribution >= 0.6 is 23.5 Å². The predicted molar refractivity (Wildman–Crippen MR) is 107 cm³/mol. The van der Waals surface area contributed by atoms with E-state index >= 15 is 0 Å². The van der Waals surface area contributed by atoms with Gasteiger partial charge in [0.2, 0.25) is 5.90 Å². The Balaban J connectivity index is 1.62. The first-order chi connectivity index (χ1) is 11.8. The molecule has 0 unspecified atom stereocenters. The Labute approximate surface area is 158 Å². The topological polar surface area (TPSA) is 80.5 Å². The van der Waals surface area contributed by atoms with Crippen molar-refractivity contribution < 1.29 is 9.47 Å². The van der Waals surface area contributed by atoms with E-state index in [1.165, 1.54) is 13.2 Å². The van der Waals surface area contributed by atoms with Crippen LogP contribution in [0.15, 0.2) is 16.1 Å². The molecule has 0 saturated heterocycles. The maximum absolute atomic E-state index is 7.77. The molecule has 25 heavy (non-hydrogen) atoms. The molecule has 1 aromatic heterocycles. The third-order valence-corrected chi connectivity index (χ3v) is 7.86. The van der Waals surface area contributed by atoms with Crippen molar-refractivity contribution in [3.8, 4) is 0 Å². The molecular formula is C16H24N4O2S2Si. The SMILES string of the molecule is COC(=N)c1cc2c(nn1)SC(SCOCC[Si](C)(C)C)=NC21CC1. The molecule has 0 aromatic carbocycles. The first-order valence-corrected chi connectivity index (χ1v) is 13.8. The first-order valence-electron chi connectivity index (χ1n) is 8.32. The van der Waals surface area contributed by atoms with Gasteiger partial charge in [-0.25, -0.2) is 0 Å². The number of hydrogen-bond acceptors (Lipinski definition) is 8. The molecule has 1 fully saturated rings. The maximum Gasteiger partial charge on any atom is 0.234 e. The fourth-order valence-corrected chi connectivity index (χ4v) is 5.18. The van der Waals surface area contributed by atoms with Crippen LogP contribution in [0, 0.1) is 5.41 Å². The van der Waals surface area contributed by atoms with Gasteiger partial charge in [-0.3, -0.25) is 10.4 Å². The largest absolute Gasteiger partial charge is 0.480 e. The second-order valence-corrected chi connectivity index (χ2v) is 15.2. The number of aliphatic imine (C=N–C) groups is 1. The highest BCUT2D eigenvalue weighted by atomic mass is 32.2. The highest BCUT2D eigenvalue weighted by molar-refractivity contribution is 8.38. The van der Waals surface area contributed by atoms with Crippen LogP contribution in [0.3, 0.4) is 0 Å². The van der Waals surface area contributed by atoms with Gasteiger partial charge in [0.15, 0.2) is 0 Å². The summed E-state index contributed by atoms with van der Waals surface area (Å²) < 4.78 is 11.7. The van der Waals surface area contributed by atoms with E-state index in [-0.39, 0.29) is 11.4 Å². The van der Waals surface area contributed by atoms with E-state index in [9.17, 15) is 0 Å². The normalized spacial score (nSPS) is 17.8. The van der Waals surface area contributed by atoms with E-state index in [1.807, 2.05) is 6.07 Å². The molecule has 1 saturated carbocycles. The minimum Gasteiger partial charge on any atom is -0.480 e. The van der Waals surface area contributed by atoms with Gasteiger partial charge in [-0.05, 0) is 36.7 Å². The van der Waals surface area contributed by atoms with E-state index in [1.54, 1.807) is 23.5 Å². The molecule has 2 heterocycles. The fourth-order valence-electron chi connectivity index (χ4n) is 2.44. The fraction of sp³-hybridized carbons (Fsp3) is 0.625. The van der Waals surface area contributed by atoms with Crippen LogP contribution in [0.1, 0.15) is 24.1 Å². The number of methoxy groups -OCH3 is 1. The third kappa shape index (κ3) is 4.63. The van der Waals surface area contributed by atoms with Gasteiger partial charge in [0.25, 0.3) is 0 Å². The summed E-state index contributed by atoms with van der Waals surface area (Å²) in [4.78, 5) is 4.93. The molecular weight excluding hydrogens is 372 g/mol. The minimum absolute atomic E-state index is 0.0380. The van der Waals surface area contributed by atoms with E-state index in [4.69, 9.17) is 19.9 Å². The van der Waals surface area contributed by atoms with Gasteiger partial charge in [-0.2, -0.15) is 0 Å². The zero-order valence-electron chi connectivity index (χ0n) is 15.1. The molecule has 136 valence electrons. The lowest BCUT2D eigenvalue weighted by Gasteiger charge is -2.22. The molecule has 3 rings (SSSR count). The standard InChI is InChI=1S/C16H24N4O2S2Si/c1-21-13(17)12-9-11-14(20-19-12)24-15(18-16(11)5-6-16)23-10-22-7-8-25(2,3)4/h9,17H,5-8,10H2,1-4H3. The summed E-state index contributed by atoms with van der Waals surface area (Å²) in [6.07, 6.45) is 2.04. The number of nitrogens with zero attached hydrogens (tertiary/aromatic N) is 3. The Kier molecular flexibility index (Phi) is 5.57. The smallest absolute Gasteiger partial charge is 0.234 e. The highest BCUT2D eigenvalue weighted by Crippen LogP contribution is 2.56. The number of ether oxygens (including phenoxy) is 2. The number of fused-ring (bicyclic) bond motifs is 2. The average Bonchev–Trinajstić information content (AvgIpc) is 3.32. The molecule has 2 aliphatic rings. The Morgan fingerprint density at radius 3 is 2.76 bits per heavy atom. The Morgan fingerprint density at radius 2 is 2.12 bits per heavy atom. The van der Waals surface area contributed by atoms with Crippen molar-refractivity contribution in [1.29, 1.82) is 5.41 Å². The number of thioether (sulfide) groups is 2. The molecule has 1 aliphatic carbocycles. The van der Waals surface area contributed by atoms with Crippen LogP contribution < -0.4 is 0 Å². The highest BCUT2D eigenvalue weighted by Gasteiger charge is 2.49. The summed E-state index contributed by atoms with van der Waals surface area (Å²) in [5.74, 6) is 0.665.